The van der Waals surface area contributed by atoms with Crippen LogP contribution in [-0.2, 0) is 4.74 Å². The topological polar surface area (TPSA) is 56.3 Å². The smallest absolute Gasteiger partial charge is 0.234 e. The fourth-order valence-corrected chi connectivity index (χ4v) is 0.990. The van der Waals surface area contributed by atoms with E-state index in [1.54, 1.807) is 19.4 Å². The van der Waals surface area contributed by atoms with Crippen molar-refractivity contribution >= 4 is 5.82 Å². The minimum Gasteiger partial charge on any atom is -0.474 e. The van der Waals surface area contributed by atoms with Gasteiger partial charge in [-0.3, -0.25) is 4.98 Å². The van der Waals surface area contributed by atoms with Crippen LogP contribution in [0.3, 0.4) is 0 Å². The van der Waals surface area contributed by atoms with E-state index in [2.05, 4.69) is 22.2 Å². The third kappa shape index (κ3) is 4.60. The molecule has 0 saturated heterocycles. The normalized spacial score (nSPS) is 10.0. The van der Waals surface area contributed by atoms with Crippen LogP contribution >= 0.6 is 0 Å². The predicted octanol–water partition coefficient (Wildman–Crippen LogP) is 1.32. The molecule has 1 N–H and O–H groups in total. The zero-order valence-electron chi connectivity index (χ0n) is 9.19. The summed E-state index contributed by atoms with van der Waals surface area (Å²) in [6, 6.07) is 0. The summed E-state index contributed by atoms with van der Waals surface area (Å²) < 4.78 is 10.6. The lowest BCUT2D eigenvalue weighted by atomic mass is 10.5. The highest BCUT2D eigenvalue weighted by Gasteiger charge is 1.97. The fourth-order valence-electron chi connectivity index (χ4n) is 0.990. The van der Waals surface area contributed by atoms with Crippen molar-refractivity contribution in [3.63, 3.8) is 0 Å². The number of aromatic nitrogens is 2. The largest absolute Gasteiger partial charge is 0.474 e. The van der Waals surface area contributed by atoms with E-state index in [0.717, 1.165) is 13.0 Å². The van der Waals surface area contributed by atoms with Crippen LogP contribution in [0.1, 0.15) is 13.3 Å². The summed E-state index contributed by atoms with van der Waals surface area (Å²) >= 11 is 0. The molecule has 1 heterocycles. The summed E-state index contributed by atoms with van der Waals surface area (Å²) in [5, 5.41) is 2.89. The zero-order chi connectivity index (χ0) is 10.9. The Labute approximate surface area is 89.8 Å². The molecule has 1 aromatic heterocycles. The molecule has 0 aliphatic heterocycles. The van der Waals surface area contributed by atoms with Gasteiger partial charge in [-0.1, -0.05) is 6.92 Å². The van der Waals surface area contributed by atoms with Gasteiger partial charge in [0.05, 0.1) is 19.0 Å². The molecule has 1 aromatic rings. The summed E-state index contributed by atoms with van der Waals surface area (Å²) in [7, 11) is 1.79. The van der Waals surface area contributed by atoms with Crippen molar-refractivity contribution in [2.75, 3.05) is 32.2 Å². The average Bonchev–Trinajstić information content (AvgIpc) is 2.29. The average molecular weight is 211 g/mol. The molecular formula is C10H17N3O2. The molecule has 84 valence electrons. The Balaban J connectivity index is 2.24. The molecule has 0 aromatic carbocycles. The molecule has 5 heteroatoms. The number of nitrogens with zero attached hydrogens (tertiary/aromatic N) is 2. The molecule has 1 rings (SSSR count). The molecule has 0 saturated carbocycles. The summed E-state index contributed by atoms with van der Waals surface area (Å²) in [6.45, 7) is 3.93. The minimum absolute atomic E-state index is 0.502. The highest BCUT2D eigenvalue weighted by molar-refractivity contribution is 5.31. The molecule has 0 radical (unpaired) electrons. The Morgan fingerprint density at radius 3 is 2.87 bits per heavy atom. The molecule has 0 aliphatic rings. The Morgan fingerprint density at radius 2 is 2.13 bits per heavy atom. The van der Waals surface area contributed by atoms with Gasteiger partial charge in [0.1, 0.15) is 12.4 Å². The Bertz CT molecular complexity index is 281. The second kappa shape index (κ2) is 7.00. The van der Waals surface area contributed by atoms with E-state index < -0.39 is 0 Å². The van der Waals surface area contributed by atoms with Crippen LogP contribution in [0.4, 0.5) is 5.82 Å². The van der Waals surface area contributed by atoms with E-state index in [4.69, 9.17) is 9.47 Å². The maximum absolute atomic E-state index is 5.36. The van der Waals surface area contributed by atoms with Crippen LogP contribution in [0.2, 0.25) is 0 Å². The van der Waals surface area contributed by atoms with Gasteiger partial charge in [-0.2, -0.15) is 4.98 Å². The summed E-state index contributed by atoms with van der Waals surface area (Å²) in [4.78, 5) is 8.14. The Hall–Kier alpha value is -1.36. The standard InChI is InChI=1S/C10H17N3O2/c1-3-4-14-5-6-15-10-8-12-7-9(11-2)13-10/h7-8H,3-6H2,1-2H3,(H,11,13). The van der Waals surface area contributed by atoms with E-state index in [1.807, 2.05) is 0 Å². The summed E-state index contributed by atoms with van der Waals surface area (Å²) in [6.07, 6.45) is 4.25. The molecule has 0 atom stereocenters. The number of hydrogen-bond acceptors (Lipinski definition) is 5. The minimum atomic E-state index is 0.502. The molecule has 0 fully saturated rings. The van der Waals surface area contributed by atoms with Crippen LogP contribution in [0.25, 0.3) is 0 Å². The van der Waals surface area contributed by atoms with Crippen molar-refractivity contribution in [1.82, 2.24) is 9.97 Å². The van der Waals surface area contributed by atoms with Gasteiger partial charge in [0.25, 0.3) is 0 Å². The first-order valence-electron chi connectivity index (χ1n) is 5.07. The first-order chi connectivity index (χ1) is 7.36. The van der Waals surface area contributed by atoms with Gasteiger partial charge in [0.2, 0.25) is 5.88 Å². The molecule has 5 nitrogen and oxygen atoms in total. The molecule has 15 heavy (non-hydrogen) atoms. The first kappa shape index (κ1) is 11.7. The van der Waals surface area contributed by atoms with Crippen molar-refractivity contribution in [1.29, 1.82) is 0 Å². The van der Waals surface area contributed by atoms with Crippen molar-refractivity contribution in [3.05, 3.63) is 12.4 Å². The van der Waals surface area contributed by atoms with Gasteiger partial charge in [0, 0.05) is 13.7 Å². The van der Waals surface area contributed by atoms with Gasteiger partial charge in [-0.05, 0) is 6.42 Å². The number of rotatable bonds is 7. The molecule has 0 unspecified atom stereocenters. The highest BCUT2D eigenvalue weighted by Crippen LogP contribution is 2.07. The van der Waals surface area contributed by atoms with Crippen molar-refractivity contribution in [2.24, 2.45) is 0 Å². The van der Waals surface area contributed by atoms with E-state index in [0.29, 0.717) is 24.9 Å². The van der Waals surface area contributed by atoms with Crippen LogP contribution in [0, 0.1) is 0 Å². The third-order valence-electron chi connectivity index (χ3n) is 1.69. The van der Waals surface area contributed by atoms with Crippen LogP contribution in [-0.4, -0.2) is 36.8 Å². The van der Waals surface area contributed by atoms with E-state index >= 15 is 0 Å². The van der Waals surface area contributed by atoms with Gasteiger partial charge in [0.15, 0.2) is 0 Å². The van der Waals surface area contributed by atoms with Crippen molar-refractivity contribution < 1.29 is 9.47 Å². The molecule has 0 spiro atoms. The van der Waals surface area contributed by atoms with Crippen LogP contribution < -0.4 is 10.1 Å². The number of nitrogens with one attached hydrogen (secondary N) is 1. The van der Waals surface area contributed by atoms with Crippen LogP contribution in [0.5, 0.6) is 5.88 Å². The lowest BCUT2D eigenvalue weighted by Gasteiger charge is -2.06. The third-order valence-corrected chi connectivity index (χ3v) is 1.69. The van der Waals surface area contributed by atoms with Crippen molar-refractivity contribution in [3.8, 4) is 5.88 Å². The maximum atomic E-state index is 5.36. The van der Waals surface area contributed by atoms with E-state index in [9.17, 15) is 0 Å². The second-order valence-corrected chi connectivity index (χ2v) is 2.95. The SMILES string of the molecule is CCCOCCOc1cncc(NC)n1. The summed E-state index contributed by atoms with van der Waals surface area (Å²) in [5.41, 5.74) is 0. The number of ether oxygens (including phenoxy) is 2. The molecule has 0 amide bonds. The van der Waals surface area contributed by atoms with E-state index in [-0.39, 0.29) is 0 Å². The summed E-state index contributed by atoms with van der Waals surface area (Å²) in [5.74, 6) is 1.21. The number of hydrogen-bond donors (Lipinski definition) is 1. The highest BCUT2D eigenvalue weighted by atomic mass is 16.5. The van der Waals surface area contributed by atoms with Crippen LogP contribution in [0.15, 0.2) is 12.4 Å². The van der Waals surface area contributed by atoms with Gasteiger partial charge in [-0.25, -0.2) is 0 Å². The van der Waals surface area contributed by atoms with Crippen molar-refractivity contribution in [2.45, 2.75) is 13.3 Å². The molecule has 0 bridgehead atoms. The zero-order valence-corrected chi connectivity index (χ0v) is 9.19. The quantitative estimate of drug-likeness (QED) is 0.689. The molecular weight excluding hydrogens is 194 g/mol. The molecule has 0 aliphatic carbocycles. The maximum Gasteiger partial charge on any atom is 0.234 e. The fraction of sp³-hybridized carbons (Fsp3) is 0.600. The number of anilines is 1. The predicted molar refractivity (Wildman–Crippen MR) is 58.2 cm³/mol. The lowest BCUT2D eigenvalue weighted by Crippen LogP contribution is -2.08. The van der Waals surface area contributed by atoms with E-state index in [1.165, 1.54) is 0 Å². The Morgan fingerprint density at radius 1 is 1.27 bits per heavy atom. The monoisotopic (exact) mass is 211 g/mol. The second-order valence-electron chi connectivity index (χ2n) is 2.95. The van der Waals surface area contributed by atoms with Gasteiger partial charge in [-0.15, -0.1) is 0 Å². The van der Waals surface area contributed by atoms with Gasteiger partial charge >= 0.3 is 0 Å². The lowest BCUT2D eigenvalue weighted by molar-refractivity contribution is 0.0989. The Kier molecular flexibility index (Phi) is 5.47. The first-order valence-corrected chi connectivity index (χ1v) is 5.07. The van der Waals surface area contributed by atoms with Gasteiger partial charge < -0.3 is 14.8 Å².